The summed E-state index contributed by atoms with van der Waals surface area (Å²) in [5, 5.41) is 3.99. The van der Waals surface area contributed by atoms with Crippen LogP contribution in [0.1, 0.15) is 29.8 Å². The molecule has 1 N–H and O–H groups in total. The van der Waals surface area contributed by atoms with E-state index in [1.54, 1.807) is 6.07 Å². The Morgan fingerprint density at radius 1 is 1.17 bits per heavy atom. The van der Waals surface area contributed by atoms with Gasteiger partial charge < -0.3 is 5.32 Å². The van der Waals surface area contributed by atoms with Crippen LogP contribution >= 0.6 is 11.6 Å². The molecule has 1 atom stereocenters. The first-order valence-corrected chi connectivity index (χ1v) is 6.40. The highest BCUT2D eigenvalue weighted by atomic mass is 35.5. The number of rotatable bonds is 3. The van der Waals surface area contributed by atoms with Crippen molar-refractivity contribution in [1.82, 2.24) is 4.98 Å². The van der Waals surface area contributed by atoms with Crippen molar-refractivity contribution in [1.29, 1.82) is 0 Å². The Morgan fingerprint density at radius 2 is 1.94 bits per heavy atom. The number of anilines is 1. The van der Waals surface area contributed by atoms with E-state index in [4.69, 9.17) is 11.6 Å². The predicted molar refractivity (Wildman–Crippen MR) is 77.2 cm³/mol. The summed E-state index contributed by atoms with van der Waals surface area (Å²) in [5.41, 5.74) is 4.48. The fraction of sp³-hybridized carbons (Fsp3) is 0.267. The third kappa shape index (κ3) is 3.02. The number of nitrogens with one attached hydrogen (secondary N) is 1. The number of aryl methyl sites for hydroxylation is 2. The van der Waals surface area contributed by atoms with Gasteiger partial charge in [-0.15, -0.1) is 0 Å². The Hall–Kier alpha value is -1.54. The molecule has 1 heterocycles. The van der Waals surface area contributed by atoms with E-state index in [-0.39, 0.29) is 6.04 Å². The third-order valence-electron chi connectivity index (χ3n) is 2.97. The quantitative estimate of drug-likeness (QED) is 0.821. The number of nitrogens with zero attached hydrogens (tertiary/aromatic N) is 1. The minimum absolute atomic E-state index is 0.242. The largest absolute Gasteiger partial charge is 0.377 e. The molecular weight excluding hydrogens is 244 g/mol. The molecule has 0 amide bonds. The van der Waals surface area contributed by atoms with Gasteiger partial charge in [0.05, 0.1) is 11.4 Å². The molecule has 94 valence electrons. The van der Waals surface area contributed by atoms with Crippen molar-refractivity contribution in [2.75, 3.05) is 5.32 Å². The van der Waals surface area contributed by atoms with Gasteiger partial charge in [0, 0.05) is 6.04 Å². The zero-order chi connectivity index (χ0) is 13.1. The molecule has 0 aliphatic heterocycles. The fourth-order valence-corrected chi connectivity index (χ4v) is 2.13. The number of hydrogen-bond donors (Lipinski definition) is 1. The Bertz CT molecular complexity index is 552. The first-order chi connectivity index (χ1) is 8.56. The van der Waals surface area contributed by atoms with Crippen LogP contribution in [-0.2, 0) is 0 Å². The van der Waals surface area contributed by atoms with Crippen molar-refractivity contribution in [2.24, 2.45) is 0 Å². The molecule has 0 fully saturated rings. The Morgan fingerprint density at radius 3 is 2.61 bits per heavy atom. The van der Waals surface area contributed by atoms with E-state index in [9.17, 15) is 0 Å². The molecular formula is C15H17ClN2. The van der Waals surface area contributed by atoms with Crippen molar-refractivity contribution in [2.45, 2.75) is 26.8 Å². The second-order valence-corrected chi connectivity index (χ2v) is 4.93. The summed E-state index contributed by atoms with van der Waals surface area (Å²) >= 11 is 5.85. The van der Waals surface area contributed by atoms with E-state index in [0.29, 0.717) is 5.15 Å². The summed E-state index contributed by atoms with van der Waals surface area (Å²) in [7, 11) is 0. The van der Waals surface area contributed by atoms with Crippen LogP contribution in [-0.4, -0.2) is 4.98 Å². The molecule has 0 aliphatic rings. The van der Waals surface area contributed by atoms with Crippen LogP contribution < -0.4 is 5.32 Å². The van der Waals surface area contributed by atoms with Crippen LogP contribution in [0.25, 0.3) is 0 Å². The van der Waals surface area contributed by atoms with E-state index in [1.165, 1.54) is 11.1 Å². The molecule has 3 heteroatoms. The maximum absolute atomic E-state index is 5.85. The molecule has 0 radical (unpaired) electrons. The Labute approximate surface area is 113 Å². The molecule has 0 bridgehead atoms. The second-order valence-electron chi connectivity index (χ2n) is 4.55. The van der Waals surface area contributed by atoms with Crippen LogP contribution in [0.15, 0.2) is 36.4 Å². The highest BCUT2D eigenvalue weighted by Crippen LogP contribution is 2.22. The molecule has 2 rings (SSSR count). The zero-order valence-electron chi connectivity index (χ0n) is 10.9. The van der Waals surface area contributed by atoms with Crippen LogP contribution in [0.4, 0.5) is 5.69 Å². The van der Waals surface area contributed by atoms with Crippen LogP contribution in [0.3, 0.4) is 0 Å². The first kappa shape index (κ1) is 12.9. The second kappa shape index (κ2) is 5.40. The molecule has 2 aromatic rings. The summed E-state index contributed by atoms with van der Waals surface area (Å²) in [5.74, 6) is 0. The maximum atomic E-state index is 5.85. The lowest BCUT2D eigenvalue weighted by atomic mass is 10.1. The van der Waals surface area contributed by atoms with Crippen LogP contribution in [0.5, 0.6) is 0 Å². The van der Waals surface area contributed by atoms with Gasteiger partial charge >= 0.3 is 0 Å². The van der Waals surface area contributed by atoms with Gasteiger partial charge in [-0.25, -0.2) is 4.98 Å². The number of benzene rings is 1. The minimum Gasteiger partial charge on any atom is -0.377 e. The number of aromatic nitrogens is 1. The fourth-order valence-electron chi connectivity index (χ4n) is 1.94. The summed E-state index contributed by atoms with van der Waals surface area (Å²) in [6.07, 6.45) is 0. The SMILES string of the molecule is Cc1cccc(C(C)Nc2ccc(Cl)nc2C)c1. The van der Waals surface area contributed by atoms with Crippen molar-refractivity contribution in [3.8, 4) is 0 Å². The Kier molecular flexibility index (Phi) is 3.87. The first-order valence-electron chi connectivity index (χ1n) is 6.02. The summed E-state index contributed by atoms with van der Waals surface area (Å²) < 4.78 is 0. The van der Waals surface area contributed by atoms with Gasteiger partial charge in [-0.3, -0.25) is 0 Å². The molecule has 1 unspecified atom stereocenters. The monoisotopic (exact) mass is 260 g/mol. The van der Waals surface area contributed by atoms with Gasteiger partial charge in [0.25, 0.3) is 0 Å². The summed E-state index contributed by atoms with van der Waals surface area (Å²) in [4.78, 5) is 4.24. The molecule has 0 saturated carbocycles. The molecule has 18 heavy (non-hydrogen) atoms. The number of hydrogen-bond acceptors (Lipinski definition) is 2. The minimum atomic E-state index is 0.242. The topological polar surface area (TPSA) is 24.9 Å². The lowest BCUT2D eigenvalue weighted by molar-refractivity contribution is 0.877. The van der Waals surface area contributed by atoms with Gasteiger partial charge in [0.15, 0.2) is 0 Å². The van der Waals surface area contributed by atoms with E-state index in [2.05, 4.69) is 48.4 Å². The van der Waals surface area contributed by atoms with E-state index in [0.717, 1.165) is 11.4 Å². The van der Waals surface area contributed by atoms with E-state index >= 15 is 0 Å². The molecule has 1 aromatic carbocycles. The zero-order valence-corrected chi connectivity index (χ0v) is 11.6. The Balaban J connectivity index is 2.18. The number of pyridine rings is 1. The standard InChI is InChI=1S/C15H17ClN2/c1-10-5-4-6-13(9-10)11(2)17-14-7-8-15(16)18-12(14)3/h4-9,11,17H,1-3H3. The van der Waals surface area contributed by atoms with E-state index in [1.807, 2.05) is 13.0 Å². The average Bonchev–Trinajstić information content (AvgIpc) is 2.32. The van der Waals surface area contributed by atoms with Gasteiger partial charge in [-0.05, 0) is 38.5 Å². The normalized spacial score (nSPS) is 12.2. The lowest BCUT2D eigenvalue weighted by Crippen LogP contribution is -2.08. The van der Waals surface area contributed by atoms with Crippen molar-refractivity contribution in [3.63, 3.8) is 0 Å². The molecule has 1 aromatic heterocycles. The summed E-state index contributed by atoms with van der Waals surface area (Å²) in [6.45, 7) is 6.20. The van der Waals surface area contributed by atoms with E-state index < -0.39 is 0 Å². The highest BCUT2D eigenvalue weighted by Gasteiger charge is 2.07. The van der Waals surface area contributed by atoms with Gasteiger partial charge in [-0.2, -0.15) is 0 Å². The van der Waals surface area contributed by atoms with Crippen molar-refractivity contribution in [3.05, 3.63) is 58.4 Å². The molecule has 0 aliphatic carbocycles. The van der Waals surface area contributed by atoms with Crippen molar-refractivity contribution >= 4 is 17.3 Å². The van der Waals surface area contributed by atoms with Gasteiger partial charge in [0.2, 0.25) is 0 Å². The van der Waals surface area contributed by atoms with Gasteiger partial charge in [-0.1, -0.05) is 41.4 Å². The van der Waals surface area contributed by atoms with Crippen LogP contribution in [0.2, 0.25) is 5.15 Å². The summed E-state index contributed by atoms with van der Waals surface area (Å²) in [6, 6.07) is 12.5. The third-order valence-corrected chi connectivity index (χ3v) is 3.18. The predicted octanol–water partition coefficient (Wildman–Crippen LogP) is 4.52. The van der Waals surface area contributed by atoms with Crippen molar-refractivity contribution < 1.29 is 0 Å². The lowest BCUT2D eigenvalue weighted by Gasteiger charge is -2.17. The molecule has 2 nitrogen and oxygen atoms in total. The van der Waals surface area contributed by atoms with Gasteiger partial charge in [0.1, 0.15) is 5.15 Å². The molecule has 0 spiro atoms. The average molecular weight is 261 g/mol. The highest BCUT2D eigenvalue weighted by molar-refractivity contribution is 6.29. The van der Waals surface area contributed by atoms with Crippen LogP contribution in [0, 0.1) is 13.8 Å². The maximum Gasteiger partial charge on any atom is 0.129 e. The smallest absolute Gasteiger partial charge is 0.129 e. The molecule has 0 saturated heterocycles. The number of halogens is 1.